The molecule has 1 fully saturated rings. The predicted molar refractivity (Wildman–Crippen MR) is 129 cm³/mol. The molecule has 6 nitrogen and oxygen atoms in total. The standard InChI is InChI=1S/C25H23F2N3O3S/c1-30-12-20(17-7-8-28-25(31)24(17)30)19-10-14(13-34(2,32)33)9-18(15-3-4-15)23(19)29-22-6-5-16(26)11-21(22)27/h5-12,15,29H,3-4,13H2,1-2H3,(H,28,31). The van der Waals surface area contributed by atoms with Gasteiger partial charge in [-0.1, -0.05) is 6.07 Å². The van der Waals surface area contributed by atoms with Crippen LogP contribution in [0.15, 0.2) is 53.6 Å². The number of fused-ring (bicyclic) bond motifs is 1. The lowest BCUT2D eigenvalue weighted by atomic mass is 9.94. The summed E-state index contributed by atoms with van der Waals surface area (Å²) in [7, 11) is -1.55. The highest BCUT2D eigenvalue weighted by atomic mass is 32.2. The van der Waals surface area contributed by atoms with Crippen LogP contribution >= 0.6 is 0 Å². The SMILES string of the molecule is Cn1cc(-c2cc(CS(C)(=O)=O)cc(C3CC3)c2Nc2ccc(F)cc2F)c2cc[nH]c(=O)c21. The highest BCUT2D eigenvalue weighted by Gasteiger charge is 2.30. The van der Waals surface area contributed by atoms with Gasteiger partial charge in [-0.05, 0) is 54.2 Å². The molecule has 1 saturated carbocycles. The van der Waals surface area contributed by atoms with Crippen molar-refractivity contribution in [2.45, 2.75) is 24.5 Å². The maximum absolute atomic E-state index is 14.6. The van der Waals surface area contributed by atoms with E-state index in [9.17, 15) is 22.0 Å². The third kappa shape index (κ3) is 4.23. The Hall–Kier alpha value is -3.46. The van der Waals surface area contributed by atoms with E-state index in [2.05, 4.69) is 10.3 Å². The zero-order valence-corrected chi connectivity index (χ0v) is 19.5. The smallest absolute Gasteiger partial charge is 0.272 e. The van der Waals surface area contributed by atoms with Crippen molar-refractivity contribution in [1.82, 2.24) is 9.55 Å². The number of nitrogens with zero attached hydrogens (tertiary/aromatic N) is 1. The monoisotopic (exact) mass is 483 g/mol. The maximum atomic E-state index is 14.6. The van der Waals surface area contributed by atoms with Crippen LogP contribution in [0.4, 0.5) is 20.2 Å². The van der Waals surface area contributed by atoms with E-state index < -0.39 is 21.5 Å². The van der Waals surface area contributed by atoms with Gasteiger partial charge in [0.2, 0.25) is 0 Å². The topological polar surface area (TPSA) is 84.0 Å². The lowest BCUT2D eigenvalue weighted by Gasteiger charge is -2.19. The van der Waals surface area contributed by atoms with E-state index in [0.29, 0.717) is 33.3 Å². The van der Waals surface area contributed by atoms with Crippen molar-refractivity contribution in [3.05, 3.63) is 81.9 Å². The van der Waals surface area contributed by atoms with Crippen molar-refractivity contribution >= 4 is 32.1 Å². The highest BCUT2D eigenvalue weighted by Crippen LogP contribution is 2.49. The molecule has 2 heterocycles. The fraction of sp³-hybridized carbons (Fsp3) is 0.240. The summed E-state index contributed by atoms with van der Waals surface area (Å²) in [5, 5.41) is 3.84. The van der Waals surface area contributed by atoms with E-state index in [4.69, 9.17) is 0 Å². The molecular weight excluding hydrogens is 460 g/mol. The molecule has 0 saturated heterocycles. The number of H-pyrrole nitrogens is 1. The van der Waals surface area contributed by atoms with Gasteiger partial charge in [0.1, 0.15) is 17.2 Å². The zero-order chi connectivity index (χ0) is 24.2. The van der Waals surface area contributed by atoms with Crippen molar-refractivity contribution in [1.29, 1.82) is 0 Å². The van der Waals surface area contributed by atoms with Crippen LogP contribution in [-0.2, 0) is 22.6 Å². The molecule has 2 aromatic heterocycles. The third-order valence-corrected chi connectivity index (χ3v) is 6.91. The van der Waals surface area contributed by atoms with Gasteiger partial charge in [-0.3, -0.25) is 4.79 Å². The lowest BCUT2D eigenvalue weighted by Crippen LogP contribution is -2.07. The van der Waals surface area contributed by atoms with Crippen LogP contribution in [0.25, 0.3) is 22.0 Å². The van der Waals surface area contributed by atoms with Gasteiger partial charge < -0.3 is 14.9 Å². The lowest BCUT2D eigenvalue weighted by molar-refractivity contribution is 0.586. The molecule has 4 aromatic rings. The van der Waals surface area contributed by atoms with E-state index in [1.807, 2.05) is 12.3 Å². The first kappa shape index (κ1) is 22.3. The number of anilines is 2. The zero-order valence-electron chi connectivity index (χ0n) is 18.7. The van der Waals surface area contributed by atoms with Gasteiger partial charge in [-0.25, -0.2) is 17.2 Å². The minimum Gasteiger partial charge on any atom is -0.352 e. The fourth-order valence-electron chi connectivity index (χ4n) is 4.49. The summed E-state index contributed by atoms with van der Waals surface area (Å²) in [6.07, 6.45) is 6.40. The van der Waals surface area contributed by atoms with Gasteiger partial charge in [0.15, 0.2) is 9.84 Å². The van der Waals surface area contributed by atoms with Crippen molar-refractivity contribution in [2.75, 3.05) is 11.6 Å². The van der Waals surface area contributed by atoms with E-state index in [0.717, 1.165) is 24.5 Å². The Labute approximate surface area is 195 Å². The summed E-state index contributed by atoms with van der Waals surface area (Å²) >= 11 is 0. The Kier molecular flexibility index (Phi) is 5.31. The molecule has 2 aromatic carbocycles. The number of hydrogen-bond donors (Lipinski definition) is 2. The summed E-state index contributed by atoms with van der Waals surface area (Å²) in [5.74, 6) is -1.36. The van der Waals surface area contributed by atoms with E-state index in [1.54, 1.807) is 29.9 Å². The van der Waals surface area contributed by atoms with Crippen molar-refractivity contribution in [3.63, 3.8) is 0 Å². The number of hydrogen-bond acceptors (Lipinski definition) is 4. The first-order chi connectivity index (χ1) is 16.1. The maximum Gasteiger partial charge on any atom is 0.272 e. The number of pyridine rings is 1. The first-order valence-corrected chi connectivity index (χ1v) is 12.9. The van der Waals surface area contributed by atoms with E-state index in [-0.39, 0.29) is 22.9 Å². The Bertz CT molecular complexity index is 1600. The molecule has 0 unspecified atom stereocenters. The fourth-order valence-corrected chi connectivity index (χ4v) is 5.26. The van der Waals surface area contributed by atoms with Crippen molar-refractivity contribution in [2.24, 2.45) is 7.05 Å². The van der Waals surface area contributed by atoms with Crippen LogP contribution < -0.4 is 10.9 Å². The minimum atomic E-state index is -3.31. The molecule has 1 aliphatic rings. The van der Waals surface area contributed by atoms with Gasteiger partial charge in [-0.2, -0.15) is 0 Å². The molecular formula is C25H23F2N3O3S. The van der Waals surface area contributed by atoms with Crippen LogP contribution in [0.1, 0.15) is 29.9 Å². The number of benzene rings is 2. The molecule has 0 atom stereocenters. The molecule has 0 amide bonds. The Morgan fingerprint density at radius 1 is 1.12 bits per heavy atom. The van der Waals surface area contributed by atoms with Gasteiger partial charge in [0.05, 0.1) is 17.1 Å². The summed E-state index contributed by atoms with van der Waals surface area (Å²) in [4.78, 5) is 15.2. The summed E-state index contributed by atoms with van der Waals surface area (Å²) in [6.45, 7) is 0. The first-order valence-electron chi connectivity index (χ1n) is 10.8. The van der Waals surface area contributed by atoms with Crippen molar-refractivity contribution < 1.29 is 17.2 Å². The summed E-state index contributed by atoms with van der Waals surface area (Å²) < 4.78 is 54.0. The van der Waals surface area contributed by atoms with Crippen LogP contribution in [0.2, 0.25) is 0 Å². The van der Waals surface area contributed by atoms with Crippen LogP contribution in [0.5, 0.6) is 0 Å². The van der Waals surface area contributed by atoms with Gasteiger partial charge in [-0.15, -0.1) is 0 Å². The Balaban J connectivity index is 1.79. The number of aromatic amines is 1. The molecule has 0 radical (unpaired) electrons. The Morgan fingerprint density at radius 3 is 2.56 bits per heavy atom. The molecule has 0 bridgehead atoms. The number of sulfone groups is 1. The van der Waals surface area contributed by atoms with E-state index >= 15 is 0 Å². The minimum absolute atomic E-state index is 0.110. The normalized spacial score (nSPS) is 14.0. The van der Waals surface area contributed by atoms with E-state index in [1.165, 1.54) is 18.4 Å². The average Bonchev–Trinajstić information content (AvgIpc) is 3.53. The van der Waals surface area contributed by atoms with Gasteiger partial charge in [0.25, 0.3) is 5.56 Å². The summed E-state index contributed by atoms with van der Waals surface area (Å²) in [5.41, 5.74) is 3.82. The quantitative estimate of drug-likeness (QED) is 0.405. The molecule has 0 spiro atoms. The number of aryl methyl sites for hydroxylation is 1. The number of aromatic nitrogens is 2. The molecule has 2 N–H and O–H groups in total. The van der Waals surface area contributed by atoms with Crippen LogP contribution in [-0.4, -0.2) is 24.2 Å². The summed E-state index contributed by atoms with van der Waals surface area (Å²) in [6, 6.07) is 8.74. The molecule has 0 aliphatic heterocycles. The van der Waals surface area contributed by atoms with Gasteiger partial charge in [0, 0.05) is 48.3 Å². The predicted octanol–water partition coefficient (Wildman–Crippen LogP) is 4.98. The number of halogens is 2. The largest absolute Gasteiger partial charge is 0.352 e. The van der Waals surface area contributed by atoms with Crippen LogP contribution in [0, 0.1) is 11.6 Å². The average molecular weight is 484 g/mol. The second kappa shape index (κ2) is 8.09. The van der Waals surface area contributed by atoms with Crippen molar-refractivity contribution in [3.8, 4) is 11.1 Å². The molecule has 9 heteroatoms. The number of rotatable bonds is 6. The molecule has 1 aliphatic carbocycles. The number of nitrogens with one attached hydrogen (secondary N) is 2. The molecule has 34 heavy (non-hydrogen) atoms. The second-order valence-corrected chi connectivity index (χ2v) is 11.1. The molecule has 5 rings (SSSR count). The third-order valence-electron chi connectivity index (χ3n) is 6.06. The highest BCUT2D eigenvalue weighted by molar-refractivity contribution is 7.89. The van der Waals surface area contributed by atoms with Crippen LogP contribution in [0.3, 0.4) is 0 Å². The Morgan fingerprint density at radius 2 is 1.88 bits per heavy atom. The molecule has 176 valence electrons. The second-order valence-electron chi connectivity index (χ2n) is 8.92. The van der Waals surface area contributed by atoms with Gasteiger partial charge >= 0.3 is 0 Å².